The Hall–Kier alpha value is -3.20. The van der Waals surface area contributed by atoms with Gasteiger partial charge in [0, 0.05) is 24.3 Å². The van der Waals surface area contributed by atoms with Crippen LogP contribution in [-0.4, -0.2) is 38.9 Å². The van der Waals surface area contributed by atoms with Crippen molar-refractivity contribution >= 4 is 29.3 Å². The van der Waals surface area contributed by atoms with Crippen LogP contribution < -0.4 is 10.6 Å². The van der Waals surface area contributed by atoms with Gasteiger partial charge < -0.3 is 10.6 Å². The highest BCUT2D eigenvalue weighted by atomic mass is 32.2. The fourth-order valence-electron chi connectivity index (χ4n) is 2.95. The number of hydrogen-bond acceptors (Lipinski definition) is 5. The van der Waals surface area contributed by atoms with Crippen molar-refractivity contribution in [3.05, 3.63) is 65.7 Å². The number of primary amides is 1. The van der Waals surface area contributed by atoms with Crippen molar-refractivity contribution in [1.82, 2.24) is 14.8 Å². The number of amides is 2. The summed E-state index contributed by atoms with van der Waals surface area (Å²) in [5.74, 6) is -0.390. The van der Waals surface area contributed by atoms with E-state index in [1.165, 1.54) is 40.9 Å². The quantitative estimate of drug-likeness (QED) is 0.558. The third-order valence-electron chi connectivity index (χ3n) is 4.40. The Morgan fingerprint density at radius 3 is 2.53 bits per heavy atom. The molecule has 7 nitrogen and oxygen atoms in total. The summed E-state index contributed by atoms with van der Waals surface area (Å²) in [6.07, 6.45) is 0.00632. The molecule has 0 spiro atoms. The molecule has 2 N–H and O–H groups in total. The van der Waals surface area contributed by atoms with Gasteiger partial charge in [0.2, 0.25) is 11.8 Å². The molecular weight excluding hydrogens is 405 g/mol. The Morgan fingerprint density at radius 1 is 1.13 bits per heavy atom. The van der Waals surface area contributed by atoms with Crippen molar-refractivity contribution in [3.8, 4) is 5.69 Å². The first-order valence-electron chi connectivity index (χ1n) is 9.31. The number of carbonyl (C=O) groups is 2. The summed E-state index contributed by atoms with van der Waals surface area (Å²) in [5, 5.41) is 8.91. The van der Waals surface area contributed by atoms with E-state index in [0.29, 0.717) is 16.7 Å². The van der Waals surface area contributed by atoms with Crippen molar-refractivity contribution in [2.24, 2.45) is 5.73 Å². The second-order valence-electron chi connectivity index (χ2n) is 6.73. The standard InChI is InChI=1S/C21H22FN5O2S/c1-14-4-3-5-18(12-14)27-15(2)24-25-21(27)30-13-20(29)26(11-10-19(23)28)17-8-6-16(22)7-9-17/h3-9,12H,10-11,13H2,1-2H3,(H2,23,28). The number of nitrogens with zero attached hydrogens (tertiary/aromatic N) is 4. The van der Waals surface area contributed by atoms with Gasteiger partial charge in [-0.15, -0.1) is 10.2 Å². The van der Waals surface area contributed by atoms with Gasteiger partial charge in [-0.05, 0) is 55.8 Å². The summed E-state index contributed by atoms with van der Waals surface area (Å²) in [7, 11) is 0. The number of anilines is 1. The van der Waals surface area contributed by atoms with Gasteiger partial charge in [0.15, 0.2) is 5.16 Å². The SMILES string of the molecule is Cc1cccc(-n2c(C)nnc2SCC(=O)N(CCC(N)=O)c2ccc(F)cc2)c1. The van der Waals surface area contributed by atoms with Gasteiger partial charge >= 0.3 is 0 Å². The molecule has 0 atom stereocenters. The summed E-state index contributed by atoms with van der Waals surface area (Å²) in [6.45, 7) is 3.96. The van der Waals surface area contributed by atoms with E-state index in [1.54, 1.807) is 0 Å². The lowest BCUT2D eigenvalue weighted by molar-refractivity contribution is -0.118. The summed E-state index contributed by atoms with van der Waals surface area (Å²) >= 11 is 1.24. The first-order chi connectivity index (χ1) is 14.3. The predicted molar refractivity (Wildman–Crippen MR) is 114 cm³/mol. The summed E-state index contributed by atoms with van der Waals surface area (Å²) in [4.78, 5) is 25.6. The molecule has 0 radical (unpaired) electrons. The molecule has 0 bridgehead atoms. The molecule has 1 aromatic heterocycles. The zero-order valence-electron chi connectivity index (χ0n) is 16.7. The smallest absolute Gasteiger partial charge is 0.237 e. The lowest BCUT2D eigenvalue weighted by atomic mass is 10.2. The Labute approximate surface area is 178 Å². The number of halogens is 1. The van der Waals surface area contributed by atoms with Crippen molar-refractivity contribution in [2.45, 2.75) is 25.4 Å². The Balaban J connectivity index is 1.79. The molecule has 0 aliphatic rings. The van der Waals surface area contributed by atoms with E-state index in [1.807, 2.05) is 42.7 Å². The number of nitrogens with two attached hydrogens (primary N) is 1. The number of thioether (sulfide) groups is 1. The monoisotopic (exact) mass is 427 g/mol. The lowest BCUT2D eigenvalue weighted by Crippen LogP contribution is -2.35. The maximum atomic E-state index is 13.3. The van der Waals surface area contributed by atoms with E-state index < -0.39 is 11.7 Å². The van der Waals surface area contributed by atoms with Gasteiger partial charge in [0.05, 0.1) is 5.75 Å². The molecule has 30 heavy (non-hydrogen) atoms. The van der Waals surface area contributed by atoms with E-state index >= 15 is 0 Å². The fourth-order valence-corrected chi connectivity index (χ4v) is 3.82. The van der Waals surface area contributed by atoms with Crippen molar-refractivity contribution in [1.29, 1.82) is 0 Å². The number of aromatic nitrogens is 3. The highest BCUT2D eigenvalue weighted by Gasteiger charge is 2.19. The highest BCUT2D eigenvalue weighted by molar-refractivity contribution is 7.99. The maximum absolute atomic E-state index is 13.3. The zero-order valence-corrected chi connectivity index (χ0v) is 17.5. The second kappa shape index (κ2) is 9.53. The lowest BCUT2D eigenvalue weighted by Gasteiger charge is -2.22. The molecule has 0 saturated heterocycles. The first kappa shape index (κ1) is 21.5. The van der Waals surface area contributed by atoms with Crippen LogP contribution in [0.2, 0.25) is 0 Å². The summed E-state index contributed by atoms with van der Waals surface area (Å²) in [5.41, 5.74) is 7.76. The van der Waals surface area contributed by atoms with Crippen LogP contribution in [0.25, 0.3) is 5.69 Å². The average Bonchev–Trinajstić information content (AvgIpc) is 3.08. The van der Waals surface area contributed by atoms with Crippen molar-refractivity contribution in [2.75, 3.05) is 17.2 Å². The zero-order chi connectivity index (χ0) is 21.7. The molecule has 0 aliphatic heterocycles. The van der Waals surface area contributed by atoms with Crippen LogP contribution in [0.1, 0.15) is 17.8 Å². The number of hydrogen-bond donors (Lipinski definition) is 1. The van der Waals surface area contributed by atoms with E-state index in [9.17, 15) is 14.0 Å². The number of aryl methyl sites for hydroxylation is 2. The average molecular weight is 428 g/mol. The van der Waals surface area contributed by atoms with Gasteiger partial charge in [0.25, 0.3) is 0 Å². The van der Waals surface area contributed by atoms with Crippen LogP contribution in [0.5, 0.6) is 0 Å². The van der Waals surface area contributed by atoms with Gasteiger partial charge in [0.1, 0.15) is 11.6 Å². The molecule has 0 aliphatic carbocycles. The Morgan fingerprint density at radius 2 is 1.87 bits per heavy atom. The van der Waals surface area contributed by atoms with Gasteiger partial charge in [-0.2, -0.15) is 0 Å². The number of carbonyl (C=O) groups excluding carboxylic acids is 2. The molecule has 3 aromatic rings. The number of benzene rings is 2. The molecule has 9 heteroatoms. The predicted octanol–water partition coefficient (Wildman–Crippen LogP) is 3.02. The molecule has 2 amide bonds. The van der Waals surface area contributed by atoms with Crippen LogP contribution in [0.4, 0.5) is 10.1 Å². The van der Waals surface area contributed by atoms with Crippen LogP contribution in [-0.2, 0) is 9.59 Å². The Bertz CT molecular complexity index is 1050. The molecule has 156 valence electrons. The molecule has 1 heterocycles. The van der Waals surface area contributed by atoms with Gasteiger partial charge in [-0.1, -0.05) is 23.9 Å². The second-order valence-corrected chi connectivity index (χ2v) is 7.67. The maximum Gasteiger partial charge on any atom is 0.237 e. The Kier molecular flexibility index (Phi) is 6.83. The molecule has 0 unspecified atom stereocenters. The van der Waals surface area contributed by atoms with Crippen molar-refractivity contribution in [3.63, 3.8) is 0 Å². The molecular formula is C21H22FN5O2S. The van der Waals surface area contributed by atoms with E-state index in [0.717, 1.165) is 11.3 Å². The summed E-state index contributed by atoms with van der Waals surface area (Å²) < 4.78 is 15.2. The summed E-state index contributed by atoms with van der Waals surface area (Å²) in [6, 6.07) is 13.4. The van der Waals surface area contributed by atoms with Gasteiger partial charge in [-0.25, -0.2) is 4.39 Å². The molecule has 2 aromatic carbocycles. The third-order valence-corrected chi connectivity index (χ3v) is 5.31. The van der Waals surface area contributed by atoms with E-state index in [-0.39, 0.29) is 24.6 Å². The topological polar surface area (TPSA) is 94.1 Å². The fraction of sp³-hybridized carbons (Fsp3) is 0.238. The first-order valence-corrected chi connectivity index (χ1v) is 10.3. The molecule has 0 saturated carbocycles. The highest BCUT2D eigenvalue weighted by Crippen LogP contribution is 2.24. The van der Waals surface area contributed by atoms with Crippen LogP contribution in [0.15, 0.2) is 53.7 Å². The van der Waals surface area contributed by atoms with E-state index in [2.05, 4.69) is 10.2 Å². The number of rotatable bonds is 8. The molecule has 0 fully saturated rings. The minimum Gasteiger partial charge on any atom is -0.370 e. The molecule has 3 rings (SSSR count). The largest absolute Gasteiger partial charge is 0.370 e. The van der Waals surface area contributed by atoms with Crippen LogP contribution in [0, 0.1) is 19.7 Å². The van der Waals surface area contributed by atoms with E-state index in [4.69, 9.17) is 5.73 Å². The third kappa shape index (κ3) is 5.24. The minimum absolute atomic E-state index is 0.00632. The van der Waals surface area contributed by atoms with Crippen molar-refractivity contribution < 1.29 is 14.0 Å². The van der Waals surface area contributed by atoms with Crippen LogP contribution in [0.3, 0.4) is 0 Å². The van der Waals surface area contributed by atoms with Gasteiger partial charge in [-0.3, -0.25) is 14.2 Å². The minimum atomic E-state index is -0.516. The normalized spacial score (nSPS) is 10.8. The van der Waals surface area contributed by atoms with Crippen LogP contribution >= 0.6 is 11.8 Å².